The van der Waals surface area contributed by atoms with Crippen molar-refractivity contribution in [2.45, 2.75) is 37.2 Å². The summed E-state index contributed by atoms with van der Waals surface area (Å²) in [7, 11) is 0. The molecule has 0 fully saturated rings. The molecule has 0 bridgehead atoms. The number of rotatable bonds is 5. The number of H-pyrrole nitrogens is 1. The van der Waals surface area contributed by atoms with E-state index in [2.05, 4.69) is 20.4 Å². The lowest BCUT2D eigenvalue weighted by molar-refractivity contribution is -0.115. The third-order valence-corrected chi connectivity index (χ3v) is 4.71. The van der Waals surface area contributed by atoms with Crippen LogP contribution in [0.25, 0.3) is 11.0 Å². The smallest absolute Gasteiger partial charge is 0.238 e. The first kappa shape index (κ1) is 16.9. The first-order valence-electron chi connectivity index (χ1n) is 7.60. The Hall–Kier alpha value is -1.99. The number of thioether (sulfide) groups is 1. The molecule has 1 atom stereocenters. The van der Waals surface area contributed by atoms with Crippen LogP contribution in [0.4, 0.5) is 5.82 Å². The van der Waals surface area contributed by atoms with Gasteiger partial charge in [-0.05, 0) is 39.0 Å². The van der Waals surface area contributed by atoms with Gasteiger partial charge in [-0.2, -0.15) is 5.10 Å². The third-order valence-electron chi connectivity index (χ3n) is 3.49. The Bertz CT molecular complexity index is 872. The fourth-order valence-electron chi connectivity index (χ4n) is 2.29. The van der Waals surface area contributed by atoms with Crippen LogP contribution in [0.5, 0.6) is 0 Å². The summed E-state index contributed by atoms with van der Waals surface area (Å²) < 4.78 is 1.78. The van der Waals surface area contributed by atoms with Crippen molar-refractivity contribution in [1.29, 1.82) is 0 Å². The van der Waals surface area contributed by atoms with Crippen molar-refractivity contribution in [1.82, 2.24) is 19.7 Å². The van der Waals surface area contributed by atoms with Gasteiger partial charge in [0, 0.05) is 17.1 Å². The van der Waals surface area contributed by atoms with Gasteiger partial charge in [-0.15, -0.1) is 0 Å². The highest BCUT2D eigenvalue weighted by atomic mass is 35.5. The number of anilines is 1. The van der Waals surface area contributed by atoms with E-state index in [1.165, 1.54) is 11.8 Å². The Balaban J connectivity index is 1.70. The molecule has 2 N–H and O–H groups in total. The van der Waals surface area contributed by atoms with E-state index in [1.807, 2.05) is 32.9 Å². The summed E-state index contributed by atoms with van der Waals surface area (Å²) in [5.74, 6) is 0.597. The van der Waals surface area contributed by atoms with Crippen LogP contribution in [0.3, 0.4) is 0 Å². The number of aromatic amines is 1. The predicted molar refractivity (Wildman–Crippen MR) is 97.7 cm³/mol. The number of nitrogens with zero attached hydrogens (tertiary/aromatic N) is 3. The molecule has 0 radical (unpaired) electrons. The molecule has 8 heteroatoms. The van der Waals surface area contributed by atoms with E-state index in [0.29, 0.717) is 16.0 Å². The first-order chi connectivity index (χ1) is 11.4. The van der Waals surface area contributed by atoms with E-state index in [0.717, 1.165) is 11.0 Å². The minimum Gasteiger partial charge on any atom is -0.333 e. The zero-order valence-corrected chi connectivity index (χ0v) is 15.1. The van der Waals surface area contributed by atoms with Crippen LogP contribution in [-0.2, 0) is 4.79 Å². The SMILES string of the molecule is CC(C)n1nccc1NC(=O)[C@H](C)Sc1nc2ccc(Cl)cc2[nH]1. The normalized spacial score (nSPS) is 12.7. The van der Waals surface area contributed by atoms with Gasteiger partial charge in [0.25, 0.3) is 0 Å². The minimum absolute atomic E-state index is 0.0964. The fourth-order valence-corrected chi connectivity index (χ4v) is 3.28. The molecule has 126 valence electrons. The predicted octanol–water partition coefficient (Wildman–Crippen LogP) is 4.11. The molecule has 0 spiro atoms. The van der Waals surface area contributed by atoms with E-state index >= 15 is 0 Å². The molecule has 0 aliphatic heterocycles. The topological polar surface area (TPSA) is 75.6 Å². The maximum atomic E-state index is 12.4. The molecular formula is C16H18ClN5OS. The van der Waals surface area contributed by atoms with Crippen molar-refractivity contribution < 1.29 is 4.79 Å². The van der Waals surface area contributed by atoms with Gasteiger partial charge < -0.3 is 10.3 Å². The minimum atomic E-state index is -0.309. The molecule has 3 rings (SSSR count). The molecule has 2 heterocycles. The molecule has 3 aromatic rings. The molecule has 0 aliphatic carbocycles. The average Bonchev–Trinajstić information content (AvgIpc) is 3.12. The van der Waals surface area contributed by atoms with E-state index in [-0.39, 0.29) is 17.2 Å². The molecule has 0 saturated heterocycles. The largest absolute Gasteiger partial charge is 0.333 e. The maximum absolute atomic E-state index is 12.4. The number of halogens is 1. The Morgan fingerprint density at radius 2 is 2.12 bits per heavy atom. The molecule has 0 aliphatic rings. The Labute approximate surface area is 149 Å². The van der Waals surface area contributed by atoms with Gasteiger partial charge in [0.1, 0.15) is 5.82 Å². The summed E-state index contributed by atoms with van der Waals surface area (Å²) in [5.41, 5.74) is 1.68. The summed E-state index contributed by atoms with van der Waals surface area (Å²) in [5, 5.41) is 8.15. The molecular weight excluding hydrogens is 346 g/mol. The standard InChI is InChI=1S/C16H18ClN5OS/c1-9(2)22-14(6-7-18-22)21-15(23)10(3)24-16-19-12-5-4-11(17)8-13(12)20-16/h4-10H,1-3H3,(H,19,20)(H,21,23)/t10-/m0/s1. The second kappa shape index (κ2) is 6.86. The van der Waals surface area contributed by atoms with Gasteiger partial charge in [-0.3, -0.25) is 4.79 Å². The number of hydrogen-bond acceptors (Lipinski definition) is 4. The number of imidazole rings is 1. The highest BCUT2D eigenvalue weighted by Crippen LogP contribution is 2.26. The highest BCUT2D eigenvalue weighted by Gasteiger charge is 2.18. The van der Waals surface area contributed by atoms with Crippen LogP contribution >= 0.6 is 23.4 Å². The van der Waals surface area contributed by atoms with Crippen LogP contribution in [0, 0.1) is 0 Å². The van der Waals surface area contributed by atoms with Crippen LogP contribution in [0.1, 0.15) is 26.8 Å². The van der Waals surface area contributed by atoms with Gasteiger partial charge in [0.2, 0.25) is 5.91 Å². The monoisotopic (exact) mass is 363 g/mol. The van der Waals surface area contributed by atoms with Crippen molar-refractivity contribution in [3.8, 4) is 0 Å². The van der Waals surface area contributed by atoms with E-state index < -0.39 is 0 Å². The van der Waals surface area contributed by atoms with E-state index in [1.54, 1.807) is 23.0 Å². The highest BCUT2D eigenvalue weighted by molar-refractivity contribution is 8.00. The van der Waals surface area contributed by atoms with Crippen LogP contribution in [-0.4, -0.2) is 30.9 Å². The molecule has 1 aromatic carbocycles. The van der Waals surface area contributed by atoms with Crippen molar-refractivity contribution in [2.75, 3.05) is 5.32 Å². The molecule has 0 saturated carbocycles. The first-order valence-corrected chi connectivity index (χ1v) is 8.86. The molecule has 6 nitrogen and oxygen atoms in total. The van der Waals surface area contributed by atoms with Crippen molar-refractivity contribution in [2.24, 2.45) is 0 Å². The van der Waals surface area contributed by atoms with Crippen molar-refractivity contribution >= 4 is 46.1 Å². The summed E-state index contributed by atoms with van der Waals surface area (Å²) >= 11 is 7.34. The molecule has 1 amide bonds. The fraction of sp³-hybridized carbons (Fsp3) is 0.312. The lowest BCUT2D eigenvalue weighted by Gasteiger charge is -2.14. The summed E-state index contributed by atoms with van der Waals surface area (Å²) in [6, 6.07) is 7.43. The number of carbonyl (C=O) groups is 1. The average molecular weight is 364 g/mol. The number of amides is 1. The van der Waals surface area contributed by atoms with Crippen LogP contribution in [0.15, 0.2) is 35.6 Å². The second-order valence-corrected chi connectivity index (χ2v) is 7.47. The zero-order chi connectivity index (χ0) is 17.3. The summed E-state index contributed by atoms with van der Waals surface area (Å²) in [6.45, 7) is 5.87. The van der Waals surface area contributed by atoms with Gasteiger partial charge in [-0.25, -0.2) is 9.67 Å². The number of fused-ring (bicyclic) bond motifs is 1. The van der Waals surface area contributed by atoms with Gasteiger partial charge in [0.05, 0.1) is 22.5 Å². The lowest BCUT2D eigenvalue weighted by atomic mass is 10.3. The molecule has 2 aromatic heterocycles. The lowest BCUT2D eigenvalue weighted by Crippen LogP contribution is -2.24. The van der Waals surface area contributed by atoms with E-state index in [9.17, 15) is 4.79 Å². The summed E-state index contributed by atoms with van der Waals surface area (Å²) in [6.07, 6.45) is 1.68. The number of carbonyl (C=O) groups excluding carboxylic acids is 1. The van der Waals surface area contributed by atoms with Gasteiger partial charge in [-0.1, -0.05) is 23.4 Å². The number of nitrogens with one attached hydrogen (secondary N) is 2. The van der Waals surface area contributed by atoms with Crippen LogP contribution < -0.4 is 5.32 Å². The summed E-state index contributed by atoms with van der Waals surface area (Å²) in [4.78, 5) is 20.1. The number of hydrogen-bond donors (Lipinski definition) is 2. The Morgan fingerprint density at radius 3 is 2.88 bits per heavy atom. The number of aromatic nitrogens is 4. The zero-order valence-electron chi connectivity index (χ0n) is 13.6. The van der Waals surface area contributed by atoms with Crippen molar-refractivity contribution in [3.63, 3.8) is 0 Å². The quantitative estimate of drug-likeness (QED) is 0.669. The van der Waals surface area contributed by atoms with Crippen LogP contribution in [0.2, 0.25) is 5.02 Å². The Kier molecular flexibility index (Phi) is 4.82. The molecule has 0 unspecified atom stereocenters. The van der Waals surface area contributed by atoms with E-state index in [4.69, 9.17) is 11.6 Å². The third kappa shape index (κ3) is 3.57. The van der Waals surface area contributed by atoms with Gasteiger partial charge in [0.15, 0.2) is 5.16 Å². The maximum Gasteiger partial charge on any atom is 0.238 e. The molecule has 24 heavy (non-hydrogen) atoms. The number of benzene rings is 1. The van der Waals surface area contributed by atoms with Crippen molar-refractivity contribution in [3.05, 3.63) is 35.5 Å². The second-order valence-electron chi connectivity index (χ2n) is 5.71. The van der Waals surface area contributed by atoms with Gasteiger partial charge >= 0.3 is 0 Å². The Morgan fingerprint density at radius 1 is 1.33 bits per heavy atom.